The van der Waals surface area contributed by atoms with Crippen molar-refractivity contribution < 1.29 is 17.2 Å². The third-order valence-electron chi connectivity index (χ3n) is 3.55. The van der Waals surface area contributed by atoms with Crippen molar-refractivity contribution in [3.8, 4) is 0 Å². The maximum Gasteiger partial charge on any atom is 0.147 e. The molecular formula is C17H18F2O2S. The van der Waals surface area contributed by atoms with Crippen LogP contribution in [-0.2, 0) is 9.84 Å². The van der Waals surface area contributed by atoms with Crippen molar-refractivity contribution in [2.75, 3.05) is 12.0 Å². The molecule has 0 atom stereocenters. The van der Waals surface area contributed by atoms with E-state index >= 15 is 0 Å². The van der Waals surface area contributed by atoms with Gasteiger partial charge in [-0.3, -0.25) is 0 Å². The first kappa shape index (κ1) is 16.6. The third-order valence-corrected chi connectivity index (χ3v) is 4.58. The smallest absolute Gasteiger partial charge is 0.147 e. The fraction of sp³-hybridized carbons (Fsp3) is 0.294. The van der Waals surface area contributed by atoms with Gasteiger partial charge in [0.2, 0.25) is 0 Å². The van der Waals surface area contributed by atoms with Crippen LogP contribution in [0.4, 0.5) is 8.78 Å². The average molecular weight is 324 g/mol. The monoisotopic (exact) mass is 324 g/mol. The van der Waals surface area contributed by atoms with Gasteiger partial charge in [-0.15, -0.1) is 0 Å². The lowest BCUT2D eigenvalue weighted by Gasteiger charge is -2.18. The Hall–Kier alpha value is -1.75. The largest absolute Gasteiger partial charge is 0.229 e. The van der Waals surface area contributed by atoms with Crippen molar-refractivity contribution in [1.29, 1.82) is 0 Å². The van der Waals surface area contributed by atoms with Crippen LogP contribution in [-0.4, -0.2) is 20.4 Å². The number of hydrogen-bond donors (Lipinski definition) is 0. The quantitative estimate of drug-likeness (QED) is 0.807. The molecule has 0 N–H and O–H groups in total. The van der Waals surface area contributed by atoms with Gasteiger partial charge in [0.15, 0.2) is 0 Å². The highest BCUT2D eigenvalue weighted by Gasteiger charge is 2.15. The van der Waals surface area contributed by atoms with Crippen molar-refractivity contribution in [2.45, 2.75) is 18.8 Å². The molecule has 0 aromatic heterocycles. The highest BCUT2D eigenvalue weighted by Crippen LogP contribution is 2.29. The van der Waals surface area contributed by atoms with Crippen molar-refractivity contribution >= 4 is 9.84 Å². The van der Waals surface area contributed by atoms with Crippen LogP contribution in [0.5, 0.6) is 0 Å². The van der Waals surface area contributed by atoms with Gasteiger partial charge in [0, 0.05) is 17.9 Å². The SMILES string of the molecule is CS(=O)(=O)CCCC(c1ccc(F)cc1)c1ccc(F)cc1. The minimum Gasteiger partial charge on any atom is -0.229 e. The van der Waals surface area contributed by atoms with Crippen LogP contribution in [0.3, 0.4) is 0 Å². The van der Waals surface area contributed by atoms with Crippen molar-refractivity contribution in [2.24, 2.45) is 0 Å². The molecule has 0 saturated carbocycles. The Balaban J connectivity index is 2.23. The summed E-state index contributed by atoms with van der Waals surface area (Å²) < 4.78 is 48.7. The summed E-state index contributed by atoms with van der Waals surface area (Å²) in [4.78, 5) is 0. The third kappa shape index (κ3) is 4.91. The van der Waals surface area contributed by atoms with Gasteiger partial charge in [0.25, 0.3) is 0 Å². The molecule has 2 nitrogen and oxygen atoms in total. The highest BCUT2D eigenvalue weighted by atomic mass is 32.2. The second kappa shape index (κ2) is 7.01. The summed E-state index contributed by atoms with van der Waals surface area (Å²) in [5.74, 6) is -0.621. The van der Waals surface area contributed by atoms with E-state index in [9.17, 15) is 17.2 Å². The zero-order valence-electron chi connectivity index (χ0n) is 12.3. The molecule has 0 radical (unpaired) electrons. The molecular weight excluding hydrogens is 306 g/mol. The second-order valence-electron chi connectivity index (χ2n) is 5.43. The first-order valence-electron chi connectivity index (χ1n) is 7.04. The molecule has 0 unspecified atom stereocenters. The Kier molecular flexibility index (Phi) is 5.29. The molecule has 2 rings (SSSR count). The molecule has 0 heterocycles. The molecule has 5 heteroatoms. The molecule has 2 aromatic rings. The molecule has 0 aliphatic rings. The minimum absolute atomic E-state index is 0.0806. The molecule has 0 amide bonds. The first-order valence-corrected chi connectivity index (χ1v) is 9.10. The summed E-state index contributed by atoms with van der Waals surface area (Å²) in [6.07, 6.45) is 2.31. The number of rotatable bonds is 6. The van der Waals surface area contributed by atoms with E-state index in [4.69, 9.17) is 0 Å². The fourth-order valence-corrected chi connectivity index (χ4v) is 3.16. The topological polar surface area (TPSA) is 34.1 Å². The van der Waals surface area contributed by atoms with E-state index in [0.29, 0.717) is 12.8 Å². The fourth-order valence-electron chi connectivity index (χ4n) is 2.47. The highest BCUT2D eigenvalue weighted by molar-refractivity contribution is 7.90. The normalized spacial score (nSPS) is 11.8. The number of sulfone groups is 1. The van der Waals surface area contributed by atoms with E-state index in [1.807, 2.05) is 0 Å². The van der Waals surface area contributed by atoms with Crippen LogP contribution in [0.1, 0.15) is 29.9 Å². The van der Waals surface area contributed by atoms with Crippen molar-refractivity contribution in [3.05, 3.63) is 71.3 Å². The van der Waals surface area contributed by atoms with Crippen LogP contribution in [0, 0.1) is 11.6 Å². The zero-order valence-corrected chi connectivity index (χ0v) is 13.1. The van der Waals surface area contributed by atoms with E-state index in [-0.39, 0.29) is 23.3 Å². The van der Waals surface area contributed by atoms with Crippen molar-refractivity contribution in [3.63, 3.8) is 0 Å². The first-order chi connectivity index (χ1) is 10.3. The number of hydrogen-bond acceptors (Lipinski definition) is 2. The Morgan fingerprint density at radius 2 is 1.27 bits per heavy atom. The summed E-state index contributed by atoms with van der Waals surface area (Å²) in [7, 11) is -3.02. The summed E-state index contributed by atoms with van der Waals surface area (Å²) >= 11 is 0. The van der Waals surface area contributed by atoms with Crippen LogP contribution < -0.4 is 0 Å². The summed E-state index contributed by atoms with van der Waals surface area (Å²) in [6.45, 7) is 0. The van der Waals surface area contributed by atoms with Gasteiger partial charge >= 0.3 is 0 Å². The molecule has 0 aliphatic heterocycles. The van der Waals surface area contributed by atoms with Gasteiger partial charge in [-0.1, -0.05) is 24.3 Å². The van der Waals surface area contributed by atoms with Crippen LogP contribution in [0.15, 0.2) is 48.5 Å². The lowest BCUT2D eigenvalue weighted by Crippen LogP contribution is -2.07. The second-order valence-corrected chi connectivity index (χ2v) is 7.69. The average Bonchev–Trinajstić information content (AvgIpc) is 2.45. The molecule has 118 valence electrons. The van der Waals surface area contributed by atoms with Crippen molar-refractivity contribution in [1.82, 2.24) is 0 Å². The lowest BCUT2D eigenvalue weighted by molar-refractivity contribution is 0.593. The van der Waals surface area contributed by atoms with Crippen LogP contribution in [0.2, 0.25) is 0 Å². The Labute approximate surface area is 129 Å². The molecule has 22 heavy (non-hydrogen) atoms. The molecule has 0 aliphatic carbocycles. The molecule has 2 aromatic carbocycles. The summed E-state index contributed by atoms with van der Waals surface area (Å²) in [5.41, 5.74) is 1.78. The van der Waals surface area contributed by atoms with E-state index in [0.717, 1.165) is 11.1 Å². The maximum absolute atomic E-state index is 13.1. The van der Waals surface area contributed by atoms with Gasteiger partial charge in [0.1, 0.15) is 21.5 Å². The summed E-state index contributed by atoms with van der Waals surface area (Å²) in [6, 6.07) is 12.2. The molecule has 0 saturated heterocycles. The van der Waals surface area contributed by atoms with E-state index < -0.39 is 9.84 Å². The van der Waals surface area contributed by atoms with Crippen LogP contribution in [0.25, 0.3) is 0 Å². The predicted octanol–water partition coefficient (Wildman–Crippen LogP) is 3.92. The summed E-state index contributed by atoms with van der Waals surface area (Å²) in [5, 5.41) is 0. The van der Waals surface area contributed by atoms with Gasteiger partial charge in [-0.05, 0) is 48.2 Å². The van der Waals surface area contributed by atoms with E-state index in [2.05, 4.69) is 0 Å². The van der Waals surface area contributed by atoms with E-state index in [1.54, 1.807) is 24.3 Å². The zero-order chi connectivity index (χ0) is 16.2. The standard InChI is InChI=1S/C17H18F2O2S/c1-22(20,21)12-2-3-17(13-4-8-15(18)9-5-13)14-6-10-16(19)11-7-14/h4-11,17H,2-3,12H2,1H3. The van der Waals surface area contributed by atoms with Gasteiger partial charge in [0.05, 0.1) is 0 Å². The molecule has 0 bridgehead atoms. The Bertz CT molecular complexity index is 662. The van der Waals surface area contributed by atoms with Crippen LogP contribution >= 0.6 is 0 Å². The predicted molar refractivity (Wildman–Crippen MR) is 83.6 cm³/mol. The van der Waals surface area contributed by atoms with Gasteiger partial charge in [-0.25, -0.2) is 17.2 Å². The Morgan fingerprint density at radius 1 is 0.864 bits per heavy atom. The van der Waals surface area contributed by atoms with Gasteiger partial charge in [-0.2, -0.15) is 0 Å². The number of benzene rings is 2. The number of halogens is 2. The molecule has 0 fully saturated rings. The van der Waals surface area contributed by atoms with Gasteiger partial charge < -0.3 is 0 Å². The maximum atomic E-state index is 13.1. The Morgan fingerprint density at radius 3 is 1.64 bits per heavy atom. The molecule has 0 spiro atoms. The van der Waals surface area contributed by atoms with E-state index in [1.165, 1.54) is 30.5 Å². The lowest BCUT2D eigenvalue weighted by atomic mass is 9.88. The minimum atomic E-state index is -3.02.